The maximum Gasteiger partial charge on any atom is 0.227 e. The number of hydrogen-bond donors (Lipinski definition) is 1. The second kappa shape index (κ2) is 8.28. The van der Waals surface area contributed by atoms with E-state index >= 15 is 0 Å². The quantitative estimate of drug-likeness (QED) is 0.727. The molecular weight excluding hydrogens is 435 g/mol. The van der Waals surface area contributed by atoms with Crippen molar-refractivity contribution in [3.8, 4) is 5.75 Å². The number of nitrogens with zero attached hydrogens (tertiary/aromatic N) is 2. The minimum Gasteiger partial charge on any atom is -0.482 e. The van der Waals surface area contributed by atoms with Gasteiger partial charge in [-0.2, -0.15) is 0 Å². The van der Waals surface area contributed by atoms with Crippen LogP contribution in [-0.2, 0) is 11.2 Å². The summed E-state index contributed by atoms with van der Waals surface area (Å²) in [6, 6.07) is 9.74. The lowest BCUT2D eigenvalue weighted by molar-refractivity contribution is -0.117. The molecule has 5 rings (SSSR count). The highest BCUT2D eigenvalue weighted by Crippen LogP contribution is 2.44. The van der Waals surface area contributed by atoms with E-state index in [1.165, 1.54) is 0 Å². The minimum atomic E-state index is -0.310. The van der Waals surface area contributed by atoms with Crippen LogP contribution >= 0.6 is 23.2 Å². The molecular formula is C24H26Cl2N2O3. The molecule has 31 heavy (non-hydrogen) atoms. The fourth-order valence-corrected chi connectivity index (χ4v) is 5.65. The van der Waals surface area contributed by atoms with Crippen LogP contribution in [0.2, 0.25) is 10.0 Å². The topological polar surface area (TPSA) is 53.0 Å². The Labute approximate surface area is 192 Å². The lowest BCUT2D eigenvalue weighted by Gasteiger charge is -2.30. The van der Waals surface area contributed by atoms with Gasteiger partial charge in [-0.3, -0.25) is 9.69 Å². The van der Waals surface area contributed by atoms with Crippen molar-refractivity contribution in [3.05, 3.63) is 57.1 Å². The summed E-state index contributed by atoms with van der Waals surface area (Å²) < 4.78 is 6.59. The van der Waals surface area contributed by atoms with E-state index in [-0.39, 0.29) is 24.2 Å². The molecule has 3 atom stereocenters. The fourth-order valence-electron chi connectivity index (χ4n) is 5.13. The smallest absolute Gasteiger partial charge is 0.227 e. The summed E-state index contributed by atoms with van der Waals surface area (Å²) >= 11 is 13.1. The molecule has 164 valence electrons. The zero-order chi connectivity index (χ0) is 21.7. The number of amides is 1. The summed E-state index contributed by atoms with van der Waals surface area (Å²) in [5, 5.41) is 11.4. The normalized spacial score (nSPS) is 26.0. The van der Waals surface area contributed by atoms with Crippen molar-refractivity contribution >= 4 is 34.8 Å². The van der Waals surface area contributed by atoms with Crippen LogP contribution in [0.5, 0.6) is 5.75 Å². The third kappa shape index (κ3) is 3.93. The van der Waals surface area contributed by atoms with Gasteiger partial charge < -0.3 is 14.7 Å². The van der Waals surface area contributed by atoms with Crippen LogP contribution in [0.1, 0.15) is 42.1 Å². The zero-order valence-corrected chi connectivity index (χ0v) is 19.0. The molecule has 0 spiro atoms. The number of carbonyl (C=O) groups is 1. The van der Waals surface area contributed by atoms with Gasteiger partial charge in [0.25, 0.3) is 0 Å². The summed E-state index contributed by atoms with van der Waals surface area (Å²) in [7, 11) is 0. The number of rotatable bonds is 4. The molecule has 5 nitrogen and oxygen atoms in total. The van der Waals surface area contributed by atoms with Crippen molar-refractivity contribution in [1.29, 1.82) is 0 Å². The number of aliphatic hydroxyl groups excluding tert-OH is 1. The molecule has 0 bridgehead atoms. The molecule has 2 aromatic rings. The molecule has 2 heterocycles. The van der Waals surface area contributed by atoms with Crippen LogP contribution in [0, 0.1) is 6.92 Å². The molecule has 2 aromatic carbocycles. The Morgan fingerprint density at radius 2 is 1.97 bits per heavy atom. The summed E-state index contributed by atoms with van der Waals surface area (Å²) in [6.07, 6.45) is 2.42. The Morgan fingerprint density at radius 3 is 2.68 bits per heavy atom. The number of anilines is 1. The third-order valence-electron chi connectivity index (χ3n) is 6.66. The van der Waals surface area contributed by atoms with E-state index in [1.807, 2.05) is 25.1 Å². The maximum absolute atomic E-state index is 12.2. The third-order valence-corrected chi connectivity index (χ3v) is 7.31. The Bertz CT molecular complexity index is 1030. The van der Waals surface area contributed by atoms with Gasteiger partial charge in [-0.05, 0) is 61.1 Å². The van der Waals surface area contributed by atoms with Crippen LogP contribution in [0.4, 0.5) is 5.69 Å². The highest BCUT2D eigenvalue weighted by Gasteiger charge is 2.42. The van der Waals surface area contributed by atoms with E-state index in [1.54, 1.807) is 11.0 Å². The number of halogens is 2. The van der Waals surface area contributed by atoms with Gasteiger partial charge >= 0.3 is 0 Å². The fraction of sp³-hybridized carbons (Fsp3) is 0.458. The average molecular weight is 461 g/mol. The van der Waals surface area contributed by atoms with E-state index in [2.05, 4.69) is 11.0 Å². The molecule has 7 heteroatoms. The van der Waals surface area contributed by atoms with E-state index in [4.69, 9.17) is 27.9 Å². The Kier molecular flexibility index (Phi) is 5.63. The lowest BCUT2D eigenvalue weighted by Crippen LogP contribution is -2.39. The van der Waals surface area contributed by atoms with Gasteiger partial charge in [0.15, 0.2) is 0 Å². The molecule has 0 saturated carbocycles. The first-order valence-electron chi connectivity index (χ1n) is 10.9. The summed E-state index contributed by atoms with van der Waals surface area (Å²) in [5.74, 6) is 0.699. The standard InChI is InChI=1S/C24H26Cl2N2O3/c1-14-9-18-17(20(26)10-14)12-21(27-8-6-16(29)13-27)24(18)31-22-11-15(4-5-19(22)25)28-7-2-3-23(28)30/h4-5,9-11,16,21,24,29H,2-3,6-8,12-13H2,1H3/t16-,21+,24+/m1/s1. The number of carbonyl (C=O) groups excluding carboxylic acids is 1. The molecule has 0 unspecified atom stereocenters. The van der Waals surface area contributed by atoms with Crippen molar-refractivity contribution in [1.82, 2.24) is 4.90 Å². The lowest BCUT2D eigenvalue weighted by atomic mass is 10.1. The van der Waals surface area contributed by atoms with Gasteiger partial charge in [0.05, 0.1) is 17.2 Å². The SMILES string of the molecule is Cc1cc(Cl)c2c(c1)[C@H](Oc1cc(N3CCCC3=O)ccc1Cl)[C@@H](N1CC[C@@H](O)C1)C2. The molecule has 2 fully saturated rings. The van der Waals surface area contributed by atoms with Gasteiger partial charge in [0, 0.05) is 42.8 Å². The van der Waals surface area contributed by atoms with Crippen LogP contribution in [0.3, 0.4) is 0 Å². The summed E-state index contributed by atoms with van der Waals surface area (Å²) in [4.78, 5) is 16.3. The van der Waals surface area contributed by atoms with E-state index in [0.29, 0.717) is 23.7 Å². The van der Waals surface area contributed by atoms with Crippen molar-refractivity contribution < 1.29 is 14.6 Å². The van der Waals surface area contributed by atoms with Gasteiger partial charge in [0.2, 0.25) is 5.91 Å². The first-order chi connectivity index (χ1) is 14.9. The predicted octanol–water partition coefficient (Wildman–Crippen LogP) is 4.54. The van der Waals surface area contributed by atoms with Gasteiger partial charge in [0.1, 0.15) is 11.9 Å². The molecule has 0 aromatic heterocycles. The Balaban J connectivity index is 1.51. The average Bonchev–Trinajstić information content (AvgIpc) is 3.43. The maximum atomic E-state index is 12.2. The van der Waals surface area contributed by atoms with Crippen LogP contribution < -0.4 is 9.64 Å². The molecule has 1 N–H and O–H groups in total. The van der Waals surface area contributed by atoms with Crippen molar-refractivity contribution in [2.75, 3.05) is 24.5 Å². The second-order valence-corrected chi connectivity index (χ2v) is 9.64. The van der Waals surface area contributed by atoms with E-state index < -0.39 is 0 Å². The summed E-state index contributed by atoms with van der Waals surface area (Å²) in [5.41, 5.74) is 4.08. The first kappa shape index (κ1) is 21.1. The molecule has 1 aliphatic carbocycles. The second-order valence-electron chi connectivity index (χ2n) is 8.83. The predicted molar refractivity (Wildman–Crippen MR) is 122 cm³/mol. The van der Waals surface area contributed by atoms with Gasteiger partial charge in [-0.15, -0.1) is 0 Å². The van der Waals surface area contributed by atoms with Crippen LogP contribution in [0.25, 0.3) is 0 Å². The first-order valence-corrected chi connectivity index (χ1v) is 11.6. The number of β-amino-alcohol motifs (C(OH)–C–C–N with tert-alkyl or cyclic N) is 1. The van der Waals surface area contributed by atoms with E-state index in [9.17, 15) is 9.90 Å². The molecule has 2 saturated heterocycles. The number of aryl methyl sites for hydroxylation is 1. The number of benzene rings is 2. The minimum absolute atomic E-state index is 0.0691. The molecule has 3 aliphatic rings. The molecule has 2 aliphatic heterocycles. The van der Waals surface area contributed by atoms with Crippen molar-refractivity contribution in [3.63, 3.8) is 0 Å². The Hall–Kier alpha value is -1.79. The Morgan fingerprint density at radius 1 is 1.13 bits per heavy atom. The largest absolute Gasteiger partial charge is 0.482 e. The van der Waals surface area contributed by atoms with Crippen LogP contribution in [-0.4, -0.2) is 47.7 Å². The highest BCUT2D eigenvalue weighted by atomic mass is 35.5. The zero-order valence-electron chi connectivity index (χ0n) is 17.5. The van der Waals surface area contributed by atoms with Gasteiger partial charge in [-0.25, -0.2) is 0 Å². The number of ether oxygens (including phenoxy) is 1. The number of aliphatic hydroxyl groups is 1. The monoisotopic (exact) mass is 460 g/mol. The number of hydrogen-bond acceptors (Lipinski definition) is 4. The molecule has 0 radical (unpaired) electrons. The number of likely N-dealkylation sites (tertiary alicyclic amines) is 1. The highest BCUT2D eigenvalue weighted by molar-refractivity contribution is 6.32. The van der Waals surface area contributed by atoms with Crippen molar-refractivity contribution in [2.45, 2.75) is 50.9 Å². The van der Waals surface area contributed by atoms with Gasteiger partial charge in [-0.1, -0.05) is 29.3 Å². The van der Waals surface area contributed by atoms with Crippen LogP contribution in [0.15, 0.2) is 30.3 Å². The molecule has 1 amide bonds. The number of fused-ring (bicyclic) bond motifs is 1. The van der Waals surface area contributed by atoms with E-state index in [0.717, 1.165) is 59.8 Å². The van der Waals surface area contributed by atoms with Crippen molar-refractivity contribution in [2.24, 2.45) is 0 Å². The summed E-state index contributed by atoms with van der Waals surface area (Å²) in [6.45, 7) is 4.20.